The molecule has 1 unspecified atom stereocenters. The molecule has 1 saturated heterocycles. The highest BCUT2D eigenvalue weighted by atomic mass is 16.5. The van der Waals surface area contributed by atoms with Crippen molar-refractivity contribution in [2.75, 3.05) is 13.2 Å². The second-order valence-corrected chi connectivity index (χ2v) is 3.81. The Labute approximate surface area is 93.6 Å². The number of carbonyl (C=O) groups excluding carboxylic acids is 1. The van der Waals surface area contributed by atoms with E-state index in [2.05, 4.69) is 5.32 Å². The third-order valence-corrected chi connectivity index (χ3v) is 2.53. The van der Waals surface area contributed by atoms with Gasteiger partial charge < -0.3 is 20.3 Å². The fourth-order valence-electron chi connectivity index (χ4n) is 1.62. The van der Waals surface area contributed by atoms with Gasteiger partial charge in [-0.2, -0.15) is 0 Å². The summed E-state index contributed by atoms with van der Waals surface area (Å²) in [6, 6.07) is -1.21. The van der Waals surface area contributed by atoms with Crippen LogP contribution in [-0.4, -0.2) is 47.4 Å². The van der Waals surface area contributed by atoms with Crippen LogP contribution in [0.5, 0.6) is 0 Å². The van der Waals surface area contributed by atoms with Gasteiger partial charge in [-0.15, -0.1) is 0 Å². The zero-order valence-electron chi connectivity index (χ0n) is 9.02. The molecule has 1 rings (SSSR count). The largest absolute Gasteiger partial charge is 0.480 e. The third-order valence-electron chi connectivity index (χ3n) is 2.53. The van der Waals surface area contributed by atoms with Gasteiger partial charge >= 0.3 is 5.97 Å². The minimum Gasteiger partial charge on any atom is -0.480 e. The zero-order valence-corrected chi connectivity index (χ0v) is 9.02. The van der Waals surface area contributed by atoms with Crippen molar-refractivity contribution in [3.63, 3.8) is 0 Å². The molecule has 0 aromatic heterocycles. The van der Waals surface area contributed by atoms with Crippen LogP contribution in [0.1, 0.15) is 25.7 Å². The van der Waals surface area contributed by atoms with E-state index < -0.39 is 18.6 Å². The number of carboxylic acid groups (broad SMARTS) is 1. The molecule has 0 aliphatic carbocycles. The Kier molecular flexibility index (Phi) is 5.21. The Morgan fingerprint density at radius 2 is 2.25 bits per heavy atom. The Hall–Kier alpha value is -1.14. The van der Waals surface area contributed by atoms with E-state index in [1.54, 1.807) is 0 Å². The fraction of sp³-hybridized carbons (Fsp3) is 0.800. The molecule has 1 heterocycles. The molecule has 2 atom stereocenters. The number of carbonyl (C=O) groups is 2. The zero-order chi connectivity index (χ0) is 12.0. The van der Waals surface area contributed by atoms with Gasteiger partial charge in [0.25, 0.3) is 0 Å². The maximum atomic E-state index is 11.3. The molecular weight excluding hydrogens is 214 g/mol. The minimum atomic E-state index is -1.23. The van der Waals surface area contributed by atoms with Gasteiger partial charge in [-0.05, 0) is 19.3 Å². The third kappa shape index (κ3) is 4.16. The first-order valence-corrected chi connectivity index (χ1v) is 5.38. The first-order valence-electron chi connectivity index (χ1n) is 5.38. The van der Waals surface area contributed by atoms with Gasteiger partial charge in [-0.1, -0.05) is 0 Å². The van der Waals surface area contributed by atoms with E-state index in [1.165, 1.54) is 0 Å². The summed E-state index contributed by atoms with van der Waals surface area (Å²) in [4.78, 5) is 21.9. The first-order chi connectivity index (χ1) is 7.63. The summed E-state index contributed by atoms with van der Waals surface area (Å²) in [6.45, 7) is 0.141. The molecule has 1 amide bonds. The molecule has 3 N–H and O–H groups in total. The molecule has 0 bridgehead atoms. The summed E-state index contributed by atoms with van der Waals surface area (Å²) in [5.74, 6) is -1.59. The lowest BCUT2D eigenvalue weighted by molar-refractivity contribution is -0.143. The Morgan fingerprint density at radius 1 is 1.50 bits per heavy atom. The number of ether oxygens (including phenoxy) is 1. The summed E-state index contributed by atoms with van der Waals surface area (Å²) in [7, 11) is 0. The smallest absolute Gasteiger partial charge is 0.328 e. The molecule has 16 heavy (non-hydrogen) atoms. The van der Waals surface area contributed by atoms with Crippen LogP contribution in [0.2, 0.25) is 0 Å². The van der Waals surface area contributed by atoms with Crippen molar-refractivity contribution >= 4 is 11.9 Å². The number of amides is 1. The van der Waals surface area contributed by atoms with Gasteiger partial charge in [0, 0.05) is 13.0 Å². The molecule has 1 aliphatic heterocycles. The number of rotatable bonds is 6. The normalized spacial score (nSPS) is 21.7. The molecular formula is C10H17NO5. The number of aliphatic hydroxyl groups is 1. The van der Waals surface area contributed by atoms with Gasteiger partial charge in [0.15, 0.2) is 0 Å². The number of aliphatic hydroxyl groups excluding tert-OH is 1. The molecule has 1 fully saturated rings. The van der Waals surface area contributed by atoms with Crippen LogP contribution >= 0.6 is 0 Å². The first kappa shape index (κ1) is 12.9. The minimum absolute atomic E-state index is 0.114. The number of hydrogen-bond acceptors (Lipinski definition) is 4. The summed E-state index contributed by atoms with van der Waals surface area (Å²) >= 11 is 0. The quantitative estimate of drug-likeness (QED) is 0.573. The van der Waals surface area contributed by atoms with Gasteiger partial charge in [0.05, 0.1) is 12.7 Å². The van der Waals surface area contributed by atoms with Gasteiger partial charge in [-0.3, -0.25) is 4.79 Å². The van der Waals surface area contributed by atoms with Gasteiger partial charge in [0.1, 0.15) is 6.04 Å². The molecule has 0 saturated carbocycles. The van der Waals surface area contributed by atoms with Crippen LogP contribution in [0.25, 0.3) is 0 Å². The highest BCUT2D eigenvalue weighted by Gasteiger charge is 2.20. The number of hydrogen-bond donors (Lipinski definition) is 3. The lowest BCUT2D eigenvalue weighted by atomic mass is 10.1. The second kappa shape index (κ2) is 6.44. The molecule has 6 nitrogen and oxygen atoms in total. The maximum Gasteiger partial charge on any atom is 0.328 e. The Balaban J connectivity index is 2.21. The molecule has 0 aromatic carbocycles. The summed E-state index contributed by atoms with van der Waals surface area (Å²) < 4.78 is 5.34. The van der Waals surface area contributed by atoms with E-state index in [4.69, 9.17) is 14.9 Å². The number of aliphatic carboxylic acids is 1. The van der Waals surface area contributed by atoms with E-state index in [-0.39, 0.29) is 18.4 Å². The molecule has 92 valence electrons. The van der Waals surface area contributed by atoms with Crippen LogP contribution < -0.4 is 5.32 Å². The van der Waals surface area contributed by atoms with Crippen molar-refractivity contribution in [1.29, 1.82) is 0 Å². The molecule has 0 aromatic rings. The van der Waals surface area contributed by atoms with Gasteiger partial charge in [-0.25, -0.2) is 4.79 Å². The van der Waals surface area contributed by atoms with Crippen LogP contribution in [-0.2, 0) is 14.3 Å². The van der Waals surface area contributed by atoms with E-state index in [0.29, 0.717) is 6.42 Å². The lowest BCUT2D eigenvalue weighted by Crippen LogP contribution is -2.43. The van der Waals surface area contributed by atoms with Crippen molar-refractivity contribution in [2.24, 2.45) is 0 Å². The molecule has 0 radical (unpaired) electrons. The van der Waals surface area contributed by atoms with Crippen LogP contribution in [0.15, 0.2) is 0 Å². The van der Waals surface area contributed by atoms with E-state index in [1.807, 2.05) is 0 Å². The van der Waals surface area contributed by atoms with E-state index >= 15 is 0 Å². The van der Waals surface area contributed by atoms with Gasteiger partial charge in [0.2, 0.25) is 5.91 Å². The molecule has 1 aliphatic rings. The number of carboxylic acids is 1. The fourth-order valence-corrected chi connectivity index (χ4v) is 1.62. The predicted molar refractivity (Wildman–Crippen MR) is 54.9 cm³/mol. The summed E-state index contributed by atoms with van der Waals surface area (Å²) in [6.07, 6.45) is 2.91. The van der Waals surface area contributed by atoms with Crippen molar-refractivity contribution in [1.82, 2.24) is 5.32 Å². The predicted octanol–water partition coefficient (Wildman–Crippen LogP) is -0.493. The van der Waals surface area contributed by atoms with Crippen LogP contribution in [0.3, 0.4) is 0 Å². The summed E-state index contributed by atoms with van der Waals surface area (Å²) in [5.41, 5.74) is 0. The monoisotopic (exact) mass is 231 g/mol. The summed E-state index contributed by atoms with van der Waals surface area (Å²) in [5, 5.41) is 19.6. The second-order valence-electron chi connectivity index (χ2n) is 3.81. The topological polar surface area (TPSA) is 95.9 Å². The van der Waals surface area contributed by atoms with E-state index in [9.17, 15) is 9.59 Å². The average molecular weight is 231 g/mol. The van der Waals surface area contributed by atoms with E-state index in [0.717, 1.165) is 19.4 Å². The number of nitrogens with one attached hydrogen (secondary N) is 1. The lowest BCUT2D eigenvalue weighted by Gasteiger charge is -2.13. The van der Waals surface area contributed by atoms with Crippen molar-refractivity contribution in [3.8, 4) is 0 Å². The Morgan fingerprint density at radius 3 is 2.75 bits per heavy atom. The van der Waals surface area contributed by atoms with Crippen molar-refractivity contribution in [2.45, 2.75) is 37.8 Å². The molecule has 6 heteroatoms. The van der Waals surface area contributed by atoms with Crippen LogP contribution in [0.4, 0.5) is 0 Å². The SMILES string of the molecule is O=C(CCC1CCCO1)N[C@@H](CO)C(=O)O. The average Bonchev–Trinajstić information content (AvgIpc) is 2.75. The molecule has 0 spiro atoms. The van der Waals surface area contributed by atoms with Crippen molar-refractivity contribution < 1.29 is 24.5 Å². The Bertz CT molecular complexity index is 250. The standard InChI is InChI=1S/C10H17NO5/c12-6-8(10(14)15)11-9(13)4-3-7-2-1-5-16-7/h7-8,12H,1-6H2,(H,11,13)(H,14,15)/t7?,8-/m0/s1. The highest BCUT2D eigenvalue weighted by Crippen LogP contribution is 2.16. The highest BCUT2D eigenvalue weighted by molar-refractivity contribution is 5.83. The maximum absolute atomic E-state index is 11.3. The van der Waals surface area contributed by atoms with Crippen molar-refractivity contribution in [3.05, 3.63) is 0 Å². The van der Waals surface area contributed by atoms with Crippen LogP contribution in [0, 0.1) is 0 Å².